The van der Waals surface area contributed by atoms with Crippen molar-refractivity contribution in [2.24, 2.45) is 0 Å². The Hall–Kier alpha value is -2.57. The van der Waals surface area contributed by atoms with Crippen molar-refractivity contribution in [3.05, 3.63) is 12.7 Å². The van der Waals surface area contributed by atoms with E-state index in [2.05, 4.69) is 34.4 Å². The van der Waals surface area contributed by atoms with Crippen LogP contribution in [0, 0.1) is 0 Å². The minimum absolute atomic E-state index is 0.0481. The Morgan fingerprint density at radius 1 is 1.22 bits per heavy atom. The van der Waals surface area contributed by atoms with Gasteiger partial charge in [-0.25, -0.2) is 19.7 Å². The Balaban J connectivity index is 1.67. The third kappa shape index (κ3) is 7.48. The second-order valence-electron chi connectivity index (χ2n) is 7.49. The van der Waals surface area contributed by atoms with E-state index in [1.165, 1.54) is 10.9 Å². The molecule has 2 aromatic heterocycles. The number of aliphatic hydroxyl groups is 2. The average Bonchev–Trinajstić information content (AvgIpc) is 3.33. The van der Waals surface area contributed by atoms with Gasteiger partial charge in [-0.2, -0.15) is 0 Å². The molecule has 1 aliphatic heterocycles. The standard InChI is InChI=1S/C16H25N7O12P2/c1-2-18-16(28)22-13-10-14(20-5-19-13)23(6-21-10)15-12(27)11(26)8(34-15)4-33-37(31,32)35-36(29,30)7-17-3-9(24)25/h5-6,8,11-12,15,17,26-27H,2-4,7H2,1H3,(H,24,25)(H,29,30)(H,31,32)(H2,18,19,20,22,28)/p-2/t8-,11?,12+,15-/m1/s1. The maximum Gasteiger partial charge on any atom is 0.320 e. The van der Waals surface area contributed by atoms with E-state index in [0.29, 0.717) is 6.54 Å². The number of nitrogens with zero attached hydrogens (tertiary/aromatic N) is 4. The minimum Gasteiger partial charge on any atom is -0.777 e. The lowest BCUT2D eigenvalue weighted by molar-refractivity contribution is -0.234. The summed E-state index contributed by atoms with van der Waals surface area (Å²) in [5.41, 5.74) is 0.220. The normalized spacial score (nSPS) is 24.9. The number of aromatic nitrogens is 4. The molecule has 2 aromatic rings. The van der Waals surface area contributed by atoms with Gasteiger partial charge in [-0.3, -0.25) is 28.9 Å². The summed E-state index contributed by atoms with van der Waals surface area (Å²) >= 11 is 0. The van der Waals surface area contributed by atoms with Crippen LogP contribution in [-0.2, 0) is 27.5 Å². The lowest BCUT2D eigenvalue weighted by Gasteiger charge is -2.32. The van der Waals surface area contributed by atoms with Crippen LogP contribution in [0.3, 0.4) is 0 Å². The molecule has 21 heteroatoms. The van der Waals surface area contributed by atoms with Gasteiger partial charge in [0.15, 0.2) is 30.8 Å². The van der Waals surface area contributed by atoms with Gasteiger partial charge in [0.25, 0.3) is 7.82 Å². The number of carbonyl (C=O) groups is 2. The summed E-state index contributed by atoms with van der Waals surface area (Å²) in [7, 11) is -10.6. The number of carboxylic acid groups (broad SMARTS) is 1. The number of nitrogens with one attached hydrogen (secondary N) is 3. The molecule has 0 aromatic carbocycles. The van der Waals surface area contributed by atoms with Gasteiger partial charge >= 0.3 is 12.0 Å². The second kappa shape index (κ2) is 11.9. The predicted molar refractivity (Wildman–Crippen MR) is 117 cm³/mol. The zero-order valence-electron chi connectivity index (χ0n) is 19.0. The number of carboxylic acids is 1. The topological polar surface area (TPSA) is 282 Å². The summed E-state index contributed by atoms with van der Waals surface area (Å²) < 4.78 is 38.9. The van der Waals surface area contributed by atoms with E-state index in [1.54, 1.807) is 6.92 Å². The van der Waals surface area contributed by atoms with Crippen LogP contribution in [0.25, 0.3) is 11.2 Å². The molecule has 19 nitrogen and oxygen atoms in total. The number of rotatable bonds is 12. The second-order valence-corrected chi connectivity index (χ2v) is 10.8. The highest BCUT2D eigenvalue weighted by molar-refractivity contribution is 7.62. The predicted octanol–water partition coefficient (Wildman–Crippen LogP) is -2.73. The van der Waals surface area contributed by atoms with Crippen molar-refractivity contribution in [2.45, 2.75) is 31.5 Å². The molecule has 2 amide bonds. The van der Waals surface area contributed by atoms with Crippen LogP contribution in [0.4, 0.5) is 10.6 Å². The molecule has 1 fully saturated rings. The quantitative estimate of drug-likeness (QED) is 0.142. The highest BCUT2D eigenvalue weighted by Crippen LogP contribution is 2.54. The molecule has 0 saturated carbocycles. The first-order valence-corrected chi connectivity index (χ1v) is 13.7. The summed E-state index contributed by atoms with van der Waals surface area (Å²) in [5, 5.41) is 36.2. The number of imidazole rings is 1. The molecule has 0 aliphatic carbocycles. The molecule has 0 bridgehead atoms. The number of hydrogen-bond acceptors (Lipinski definition) is 15. The van der Waals surface area contributed by atoms with Crippen molar-refractivity contribution >= 4 is 44.4 Å². The van der Waals surface area contributed by atoms with Crippen molar-refractivity contribution in [1.82, 2.24) is 30.2 Å². The summed E-state index contributed by atoms with van der Waals surface area (Å²) in [6.45, 7) is 0.361. The van der Waals surface area contributed by atoms with Gasteiger partial charge in [0.05, 0.1) is 25.8 Å². The third-order valence-corrected chi connectivity index (χ3v) is 7.61. The number of urea groups is 1. The summed E-state index contributed by atoms with van der Waals surface area (Å²) in [5.74, 6) is -1.33. The lowest BCUT2D eigenvalue weighted by atomic mass is 10.1. The molecule has 3 unspecified atom stereocenters. The Kier molecular flexibility index (Phi) is 9.30. The van der Waals surface area contributed by atoms with Crippen LogP contribution in [-0.4, -0.2) is 91.1 Å². The Morgan fingerprint density at radius 3 is 2.62 bits per heavy atom. The third-order valence-electron chi connectivity index (χ3n) is 4.74. The molecule has 6 atom stereocenters. The number of aliphatic hydroxyl groups excluding tert-OH is 2. The fourth-order valence-corrected chi connectivity index (χ4v) is 5.56. The number of phosphoric acid groups is 1. The number of phosphoric ester groups is 1. The molecule has 37 heavy (non-hydrogen) atoms. The maximum atomic E-state index is 11.9. The van der Waals surface area contributed by atoms with Crippen LogP contribution in [0.15, 0.2) is 12.7 Å². The van der Waals surface area contributed by atoms with E-state index in [0.717, 1.165) is 6.33 Å². The van der Waals surface area contributed by atoms with Crippen LogP contribution in [0.1, 0.15) is 13.2 Å². The minimum atomic E-state index is -5.49. The van der Waals surface area contributed by atoms with Crippen molar-refractivity contribution in [2.75, 3.05) is 31.3 Å². The van der Waals surface area contributed by atoms with E-state index in [4.69, 9.17) is 9.84 Å². The van der Waals surface area contributed by atoms with Gasteiger partial charge in [0.1, 0.15) is 24.6 Å². The van der Waals surface area contributed by atoms with E-state index in [1.807, 2.05) is 5.32 Å². The SMILES string of the molecule is CCNC(=O)Nc1ncnc2c1ncn2[C@@H]1O[C@H](COP(=O)([O-])OP(=O)([O-])CNCC(=O)O)C(O)[C@@H]1O. The van der Waals surface area contributed by atoms with E-state index in [9.17, 15) is 38.7 Å². The lowest BCUT2D eigenvalue weighted by Crippen LogP contribution is -2.34. The van der Waals surface area contributed by atoms with Crippen LogP contribution < -0.4 is 25.7 Å². The Bertz CT molecular complexity index is 1230. The zero-order valence-corrected chi connectivity index (χ0v) is 20.8. The highest BCUT2D eigenvalue weighted by atomic mass is 31.3. The Labute approximate surface area is 207 Å². The first kappa shape index (κ1) is 29.0. The molecule has 6 N–H and O–H groups in total. The molecule has 0 radical (unpaired) electrons. The fraction of sp³-hybridized carbons (Fsp3) is 0.562. The van der Waals surface area contributed by atoms with E-state index >= 15 is 0 Å². The van der Waals surface area contributed by atoms with Gasteiger partial charge in [-0.05, 0) is 6.92 Å². The highest BCUT2D eigenvalue weighted by Gasteiger charge is 2.45. The molecular weight excluding hydrogens is 544 g/mol. The first-order chi connectivity index (χ1) is 17.3. The van der Waals surface area contributed by atoms with Gasteiger partial charge in [0.2, 0.25) is 0 Å². The average molecular weight is 567 g/mol. The number of fused-ring (bicyclic) bond motifs is 1. The molecule has 206 valence electrons. The van der Waals surface area contributed by atoms with E-state index in [-0.39, 0.29) is 17.0 Å². The summed E-state index contributed by atoms with van der Waals surface area (Å²) in [4.78, 5) is 58.0. The van der Waals surface area contributed by atoms with Crippen molar-refractivity contribution < 1.29 is 57.4 Å². The van der Waals surface area contributed by atoms with Crippen LogP contribution >= 0.6 is 15.4 Å². The van der Waals surface area contributed by atoms with Crippen molar-refractivity contribution in [3.63, 3.8) is 0 Å². The Morgan fingerprint density at radius 2 is 1.95 bits per heavy atom. The monoisotopic (exact) mass is 567 g/mol. The summed E-state index contributed by atoms with van der Waals surface area (Å²) in [6.07, 6.45) is -4.92. The smallest absolute Gasteiger partial charge is 0.320 e. The van der Waals surface area contributed by atoms with Crippen LogP contribution in [0.5, 0.6) is 0 Å². The number of amides is 2. The summed E-state index contributed by atoms with van der Waals surface area (Å²) in [6, 6.07) is -0.550. The number of aliphatic carboxylic acids is 1. The molecule has 0 spiro atoms. The molecule has 3 heterocycles. The first-order valence-electron chi connectivity index (χ1n) is 10.5. The zero-order chi connectivity index (χ0) is 27.4. The van der Waals surface area contributed by atoms with Crippen LogP contribution in [0.2, 0.25) is 0 Å². The molecule has 1 saturated heterocycles. The number of anilines is 1. The number of hydrogen-bond donors (Lipinski definition) is 6. The van der Waals surface area contributed by atoms with Gasteiger partial charge in [0, 0.05) is 6.54 Å². The molecular formula is C16H23N7O12P2-2. The number of ether oxygens (including phenoxy) is 1. The van der Waals surface area contributed by atoms with Gasteiger partial charge < -0.3 is 44.2 Å². The molecule has 1 aliphatic rings. The van der Waals surface area contributed by atoms with Gasteiger partial charge in [-0.1, -0.05) is 0 Å². The largest absolute Gasteiger partial charge is 0.777 e. The van der Waals surface area contributed by atoms with Crippen molar-refractivity contribution in [3.8, 4) is 0 Å². The number of carbonyl (C=O) groups excluding carboxylic acids is 1. The van der Waals surface area contributed by atoms with Gasteiger partial charge in [-0.15, -0.1) is 0 Å². The van der Waals surface area contributed by atoms with E-state index < -0.39 is 71.4 Å². The fourth-order valence-electron chi connectivity index (χ4n) is 3.21. The maximum absolute atomic E-state index is 11.9. The van der Waals surface area contributed by atoms with Crippen molar-refractivity contribution in [1.29, 1.82) is 0 Å². The molecule has 3 rings (SSSR count).